The largest absolute Gasteiger partial charge is 0.342 e. The van der Waals surface area contributed by atoms with Crippen molar-refractivity contribution in [2.45, 2.75) is 19.3 Å². The van der Waals surface area contributed by atoms with Crippen molar-refractivity contribution in [2.24, 2.45) is 0 Å². The summed E-state index contributed by atoms with van der Waals surface area (Å²) in [6, 6.07) is 18.5. The van der Waals surface area contributed by atoms with Crippen LogP contribution in [0.5, 0.6) is 0 Å². The Morgan fingerprint density at radius 1 is 1.12 bits per heavy atom. The molecule has 1 aliphatic rings. The maximum Gasteiger partial charge on any atom is 0.261 e. The molecular formula is C25H23ClN6O2. The lowest BCUT2D eigenvalue weighted by Gasteiger charge is -2.15. The number of halogens is 1. The normalized spacial score (nSPS) is 15.6. The number of aromatic nitrogens is 3. The molecule has 0 aliphatic carbocycles. The lowest BCUT2D eigenvalue weighted by Crippen LogP contribution is -2.24. The van der Waals surface area contributed by atoms with Crippen molar-refractivity contribution in [1.29, 1.82) is 0 Å². The number of hydrogen-bond acceptors (Lipinski definition) is 5. The number of nitrogens with one attached hydrogen (secondary N) is 2. The summed E-state index contributed by atoms with van der Waals surface area (Å²) in [5.74, 6) is 0.390. The van der Waals surface area contributed by atoms with Crippen molar-refractivity contribution in [1.82, 2.24) is 19.5 Å². The van der Waals surface area contributed by atoms with Gasteiger partial charge >= 0.3 is 0 Å². The van der Waals surface area contributed by atoms with Gasteiger partial charge in [-0.25, -0.2) is 4.98 Å². The van der Waals surface area contributed by atoms with Gasteiger partial charge in [0.15, 0.2) is 5.65 Å². The summed E-state index contributed by atoms with van der Waals surface area (Å²) in [5.41, 5.74) is 3.00. The van der Waals surface area contributed by atoms with E-state index in [9.17, 15) is 9.59 Å². The molecule has 172 valence electrons. The van der Waals surface area contributed by atoms with E-state index in [2.05, 4.69) is 15.7 Å². The topological polar surface area (TPSA) is 91.6 Å². The molecule has 0 saturated carbocycles. The number of amides is 2. The van der Waals surface area contributed by atoms with Crippen LogP contribution in [0.25, 0.3) is 5.65 Å². The highest BCUT2D eigenvalue weighted by Gasteiger charge is 2.31. The zero-order chi connectivity index (χ0) is 23.7. The van der Waals surface area contributed by atoms with Gasteiger partial charge in [0.2, 0.25) is 5.91 Å². The Balaban J connectivity index is 1.55. The fourth-order valence-electron chi connectivity index (χ4n) is 4.12. The van der Waals surface area contributed by atoms with Crippen molar-refractivity contribution in [3.63, 3.8) is 0 Å². The van der Waals surface area contributed by atoms with E-state index in [1.165, 1.54) is 6.20 Å². The molecule has 2 aromatic carbocycles. The van der Waals surface area contributed by atoms with Crippen LogP contribution in [0.4, 0.5) is 17.2 Å². The average molecular weight is 475 g/mol. The molecule has 2 N–H and O–H groups in total. The number of hydrogen-bond donors (Lipinski definition) is 2. The molecule has 9 heteroatoms. The van der Waals surface area contributed by atoms with Gasteiger partial charge < -0.3 is 15.5 Å². The Morgan fingerprint density at radius 2 is 1.88 bits per heavy atom. The van der Waals surface area contributed by atoms with Gasteiger partial charge in [-0.1, -0.05) is 29.8 Å². The molecule has 0 spiro atoms. The van der Waals surface area contributed by atoms with Gasteiger partial charge in [-0.05, 0) is 43.3 Å². The summed E-state index contributed by atoms with van der Waals surface area (Å²) < 4.78 is 1.61. The monoisotopic (exact) mass is 474 g/mol. The van der Waals surface area contributed by atoms with Crippen molar-refractivity contribution < 1.29 is 9.59 Å². The second-order valence-corrected chi connectivity index (χ2v) is 8.58. The highest BCUT2D eigenvalue weighted by Crippen LogP contribution is 2.30. The van der Waals surface area contributed by atoms with E-state index in [4.69, 9.17) is 16.6 Å². The SMILES string of the molecule is CCN1C[C@@H](c2cc(Nc3ccccc3)n3ncc(C(=O)Nc4ccc(Cl)cc4)c3n2)CC1=O. The lowest BCUT2D eigenvalue weighted by molar-refractivity contribution is -0.127. The molecule has 0 radical (unpaired) electrons. The molecule has 1 saturated heterocycles. The number of carbonyl (C=O) groups is 2. The summed E-state index contributed by atoms with van der Waals surface area (Å²) in [7, 11) is 0. The van der Waals surface area contributed by atoms with E-state index in [-0.39, 0.29) is 17.7 Å². The van der Waals surface area contributed by atoms with E-state index >= 15 is 0 Å². The fourth-order valence-corrected chi connectivity index (χ4v) is 4.24. The van der Waals surface area contributed by atoms with Gasteiger partial charge in [0.05, 0.1) is 11.9 Å². The number of nitrogens with zero attached hydrogens (tertiary/aromatic N) is 4. The minimum atomic E-state index is -0.328. The number of anilines is 3. The van der Waals surface area contributed by atoms with Crippen LogP contribution in [0.2, 0.25) is 5.02 Å². The molecule has 0 bridgehead atoms. The lowest BCUT2D eigenvalue weighted by atomic mass is 10.0. The zero-order valence-corrected chi connectivity index (χ0v) is 19.3. The molecular weight excluding hydrogens is 452 g/mol. The van der Waals surface area contributed by atoms with Crippen molar-refractivity contribution in [3.8, 4) is 0 Å². The fraction of sp³-hybridized carbons (Fsp3) is 0.200. The molecule has 5 rings (SSSR count). The van der Waals surface area contributed by atoms with E-state index in [0.717, 1.165) is 11.4 Å². The van der Waals surface area contributed by atoms with Crippen LogP contribution in [0.3, 0.4) is 0 Å². The first-order chi connectivity index (χ1) is 16.5. The number of rotatable bonds is 6. The number of likely N-dealkylation sites (tertiary alicyclic amines) is 1. The second kappa shape index (κ2) is 9.15. The van der Waals surface area contributed by atoms with Gasteiger partial charge in [0, 0.05) is 47.9 Å². The highest BCUT2D eigenvalue weighted by molar-refractivity contribution is 6.30. The molecule has 0 unspecified atom stereocenters. The number of para-hydroxylation sites is 1. The average Bonchev–Trinajstić information content (AvgIpc) is 3.44. The number of likely N-dealkylation sites (N-methyl/N-ethyl adjacent to an activating group) is 1. The van der Waals surface area contributed by atoms with Crippen LogP contribution in [-0.4, -0.2) is 44.4 Å². The van der Waals surface area contributed by atoms with Crippen molar-refractivity contribution >= 4 is 46.3 Å². The molecule has 2 amide bonds. The van der Waals surface area contributed by atoms with Gasteiger partial charge in [0.1, 0.15) is 11.4 Å². The van der Waals surface area contributed by atoms with Gasteiger partial charge in [-0.15, -0.1) is 0 Å². The van der Waals surface area contributed by atoms with Gasteiger partial charge in [0.25, 0.3) is 5.91 Å². The van der Waals surface area contributed by atoms with Crippen molar-refractivity contribution in [3.05, 3.63) is 83.1 Å². The Kier molecular flexibility index (Phi) is 5.90. The first kappa shape index (κ1) is 21.9. The Morgan fingerprint density at radius 3 is 2.59 bits per heavy atom. The number of benzene rings is 2. The summed E-state index contributed by atoms with van der Waals surface area (Å²) in [4.78, 5) is 32.1. The quantitative estimate of drug-likeness (QED) is 0.422. The molecule has 1 aliphatic heterocycles. The van der Waals surface area contributed by atoms with Gasteiger partial charge in [-0.2, -0.15) is 9.61 Å². The molecule has 4 aromatic rings. The summed E-state index contributed by atoms with van der Waals surface area (Å²) in [5, 5.41) is 11.3. The third-order valence-electron chi connectivity index (χ3n) is 5.90. The van der Waals surface area contributed by atoms with Crippen molar-refractivity contribution in [2.75, 3.05) is 23.7 Å². The first-order valence-corrected chi connectivity index (χ1v) is 11.4. The minimum Gasteiger partial charge on any atom is -0.342 e. The summed E-state index contributed by atoms with van der Waals surface area (Å²) >= 11 is 5.95. The third kappa shape index (κ3) is 4.32. The number of fused-ring (bicyclic) bond motifs is 1. The van der Waals surface area contributed by atoms with E-state index < -0.39 is 0 Å². The Bertz CT molecular complexity index is 1350. The highest BCUT2D eigenvalue weighted by atomic mass is 35.5. The minimum absolute atomic E-state index is 0.0594. The standard InChI is InChI=1S/C25H23ClN6O2/c1-2-31-15-16(12-23(31)33)21-13-22(28-18-6-4-3-5-7-18)32-24(30-21)20(14-27-32)25(34)29-19-10-8-17(26)9-11-19/h3-11,13-14,16,28H,2,12,15H2,1H3,(H,29,34)/t16-/m0/s1. The third-order valence-corrected chi connectivity index (χ3v) is 6.15. The van der Waals surface area contributed by atoms with E-state index in [0.29, 0.717) is 47.2 Å². The zero-order valence-electron chi connectivity index (χ0n) is 18.5. The summed E-state index contributed by atoms with van der Waals surface area (Å²) in [6.07, 6.45) is 1.90. The molecule has 8 nitrogen and oxygen atoms in total. The van der Waals surface area contributed by atoms with E-state index in [1.807, 2.05) is 48.2 Å². The molecule has 2 aromatic heterocycles. The predicted octanol–water partition coefficient (Wildman–Crippen LogP) is 4.71. The van der Waals surface area contributed by atoms with Crippen LogP contribution < -0.4 is 10.6 Å². The smallest absolute Gasteiger partial charge is 0.261 e. The molecule has 3 heterocycles. The Labute approximate surface area is 201 Å². The van der Waals surface area contributed by atoms with Crippen LogP contribution >= 0.6 is 11.6 Å². The van der Waals surface area contributed by atoms with Crippen LogP contribution in [0.1, 0.15) is 35.3 Å². The second-order valence-electron chi connectivity index (χ2n) is 8.15. The number of carbonyl (C=O) groups excluding carboxylic acids is 2. The molecule has 34 heavy (non-hydrogen) atoms. The van der Waals surface area contributed by atoms with Crippen LogP contribution in [0.15, 0.2) is 66.9 Å². The maximum absolute atomic E-state index is 13.1. The molecule has 1 atom stereocenters. The van der Waals surface area contributed by atoms with Gasteiger partial charge in [-0.3, -0.25) is 9.59 Å². The first-order valence-electron chi connectivity index (χ1n) is 11.1. The Hall–Kier alpha value is -3.91. The summed E-state index contributed by atoms with van der Waals surface area (Å²) in [6.45, 7) is 3.23. The van der Waals surface area contributed by atoms with Crippen LogP contribution in [0, 0.1) is 0 Å². The van der Waals surface area contributed by atoms with E-state index in [1.54, 1.807) is 28.8 Å². The molecule has 1 fully saturated rings. The predicted molar refractivity (Wildman–Crippen MR) is 132 cm³/mol. The maximum atomic E-state index is 13.1. The van der Waals surface area contributed by atoms with Crippen LogP contribution in [-0.2, 0) is 4.79 Å².